The zero-order chi connectivity index (χ0) is 35.2. The van der Waals surface area contributed by atoms with Gasteiger partial charge < -0.3 is 4.74 Å². The summed E-state index contributed by atoms with van der Waals surface area (Å²) in [6.45, 7) is 2.30. The average molecular weight is 695 g/mol. The van der Waals surface area contributed by atoms with Gasteiger partial charge in [0.1, 0.15) is 5.75 Å². The SMILES string of the molecule is CCCCCCCCCCCCCCCCCCCCCCc1cc(-c2ccc(OC)cc2)[o+]c2ccc3ccccc3c12.[O-][Cl+3]([O-])([O-])[O-]. The van der Waals surface area contributed by atoms with Crippen molar-refractivity contribution in [3.63, 3.8) is 0 Å². The van der Waals surface area contributed by atoms with Gasteiger partial charge in [-0.2, -0.15) is 0 Å². The van der Waals surface area contributed by atoms with Gasteiger partial charge in [-0.1, -0.05) is 153 Å². The number of ether oxygens (including phenoxy) is 1. The highest BCUT2D eigenvalue weighted by atomic mass is 35.7. The third kappa shape index (κ3) is 16.7. The van der Waals surface area contributed by atoms with Crippen LogP contribution in [0.5, 0.6) is 5.75 Å². The smallest absolute Gasteiger partial charge is 0.361 e. The topological polar surface area (TPSA) is 113 Å². The maximum Gasteiger partial charge on any atom is 0.361 e. The number of methoxy groups -OCH3 is 1. The molecule has 0 saturated carbocycles. The highest BCUT2D eigenvalue weighted by molar-refractivity contribution is 6.07. The predicted octanol–water partition coefficient (Wildman–Crippen LogP) is 9.15. The average Bonchev–Trinajstić information content (AvgIpc) is 3.09. The second-order valence-corrected chi connectivity index (χ2v) is 14.1. The molecular weight excluding hydrogens is 636 g/mol. The van der Waals surface area contributed by atoms with Crippen LogP contribution in [0.25, 0.3) is 33.1 Å². The van der Waals surface area contributed by atoms with E-state index in [1.165, 1.54) is 150 Å². The Balaban J connectivity index is 0.00000121. The summed E-state index contributed by atoms with van der Waals surface area (Å²) < 4.78 is 45.8. The lowest BCUT2D eigenvalue weighted by molar-refractivity contribution is -2.00. The molecule has 0 spiro atoms. The van der Waals surface area contributed by atoms with Crippen molar-refractivity contribution >= 4 is 21.7 Å². The van der Waals surface area contributed by atoms with E-state index in [0.29, 0.717) is 0 Å². The Bertz CT molecular complexity index is 1440. The number of benzene rings is 3. The minimum absolute atomic E-state index is 0.866. The maximum absolute atomic E-state index is 8.49. The Morgan fingerprint density at radius 2 is 1.04 bits per heavy atom. The van der Waals surface area contributed by atoms with E-state index in [1.54, 1.807) is 7.11 Å². The number of unbranched alkanes of at least 4 members (excludes halogenated alkanes) is 19. The van der Waals surface area contributed by atoms with Gasteiger partial charge in [0, 0.05) is 12.1 Å². The fraction of sp³-hybridized carbons (Fsp3) is 0.548. The summed E-state index contributed by atoms with van der Waals surface area (Å²) in [6.07, 6.45) is 29.4. The molecule has 4 rings (SSSR count). The maximum atomic E-state index is 8.49. The van der Waals surface area contributed by atoms with Crippen molar-refractivity contribution in [3.8, 4) is 17.1 Å². The van der Waals surface area contributed by atoms with Crippen LogP contribution in [0.15, 0.2) is 71.1 Å². The Morgan fingerprint density at radius 3 is 1.53 bits per heavy atom. The molecule has 0 aliphatic carbocycles. The molecule has 0 atom stereocenters. The Kier molecular flexibility index (Phi) is 19.6. The third-order valence-electron chi connectivity index (χ3n) is 9.41. The van der Waals surface area contributed by atoms with Gasteiger partial charge >= 0.3 is 11.3 Å². The van der Waals surface area contributed by atoms with E-state index in [9.17, 15) is 0 Å². The van der Waals surface area contributed by atoms with Gasteiger partial charge in [0.15, 0.2) is 0 Å². The highest BCUT2D eigenvalue weighted by Crippen LogP contribution is 2.34. The molecule has 0 bridgehead atoms. The van der Waals surface area contributed by atoms with E-state index in [4.69, 9.17) is 27.8 Å². The van der Waals surface area contributed by atoms with E-state index < -0.39 is 10.2 Å². The Morgan fingerprint density at radius 1 is 0.571 bits per heavy atom. The number of halogens is 1. The number of fused-ring (bicyclic) bond motifs is 3. The molecule has 1 heterocycles. The summed E-state index contributed by atoms with van der Waals surface area (Å²) in [5.41, 5.74) is 3.46. The molecule has 0 unspecified atom stereocenters. The van der Waals surface area contributed by atoms with E-state index in [1.807, 2.05) is 12.1 Å². The molecule has 49 heavy (non-hydrogen) atoms. The van der Waals surface area contributed by atoms with Crippen LogP contribution >= 0.6 is 0 Å². The normalized spacial score (nSPS) is 11.6. The van der Waals surface area contributed by atoms with Gasteiger partial charge in [0.2, 0.25) is 0 Å². The molecule has 0 N–H and O–H groups in total. The molecule has 0 aliphatic heterocycles. The van der Waals surface area contributed by atoms with Crippen molar-refractivity contribution in [2.45, 2.75) is 142 Å². The van der Waals surface area contributed by atoms with Crippen LogP contribution in [-0.4, -0.2) is 7.11 Å². The van der Waals surface area contributed by atoms with E-state index >= 15 is 0 Å². The molecule has 0 saturated heterocycles. The van der Waals surface area contributed by atoms with Crippen LogP contribution in [0.3, 0.4) is 0 Å². The molecule has 1 aromatic heterocycles. The van der Waals surface area contributed by atoms with Crippen LogP contribution in [0.1, 0.15) is 141 Å². The summed E-state index contributed by atoms with van der Waals surface area (Å²) in [7, 11) is -3.24. The molecule has 0 fully saturated rings. The lowest BCUT2D eigenvalue weighted by Gasteiger charge is -2.17. The van der Waals surface area contributed by atoms with Gasteiger partial charge in [0.05, 0.1) is 18.1 Å². The first-order valence-electron chi connectivity index (χ1n) is 18.8. The van der Waals surface area contributed by atoms with Gasteiger partial charge in [0.25, 0.3) is 0 Å². The highest BCUT2D eigenvalue weighted by Gasteiger charge is 2.21. The lowest BCUT2D eigenvalue weighted by atomic mass is 9.96. The molecule has 0 aliphatic rings. The first-order valence-corrected chi connectivity index (χ1v) is 20.1. The lowest BCUT2D eigenvalue weighted by Crippen LogP contribution is -2.68. The first-order chi connectivity index (χ1) is 23.8. The van der Waals surface area contributed by atoms with Crippen LogP contribution in [0.2, 0.25) is 0 Å². The minimum Gasteiger partial charge on any atom is -0.497 e. The zero-order valence-corrected chi connectivity index (χ0v) is 30.8. The third-order valence-corrected chi connectivity index (χ3v) is 9.41. The van der Waals surface area contributed by atoms with Gasteiger partial charge in [-0.3, -0.25) is 0 Å². The van der Waals surface area contributed by atoms with E-state index in [0.717, 1.165) is 29.1 Å². The quantitative estimate of drug-likeness (QED) is 0.0435. The molecule has 6 nitrogen and oxygen atoms in total. The van der Waals surface area contributed by atoms with Crippen molar-refractivity contribution in [2.75, 3.05) is 7.11 Å². The predicted molar refractivity (Wildman–Crippen MR) is 192 cm³/mol. The van der Waals surface area contributed by atoms with Crippen molar-refractivity contribution in [1.29, 1.82) is 0 Å². The van der Waals surface area contributed by atoms with E-state index in [-0.39, 0.29) is 0 Å². The standard InChI is InChI=1S/C42H59O2.ClHO4/c1-3-4-5-6-7-8-9-10-11-12-13-14-15-16-17-18-19-20-21-22-26-37-34-41(36-28-31-38(43-2)32-29-36)44-40-33-30-35-25-23-24-27-39(35)42(37)40;2-1(3,4)5/h23-25,27-34H,3-22,26H2,1-2H3;(H,2,3,4,5)/q+1;/p-1. The molecular formula is C42H59ClO6. The molecule has 0 amide bonds. The summed E-state index contributed by atoms with van der Waals surface area (Å²) in [4.78, 5) is 0. The van der Waals surface area contributed by atoms with Crippen molar-refractivity contribution < 1.29 is 38.0 Å². The number of hydrogen-bond acceptors (Lipinski definition) is 5. The summed E-state index contributed by atoms with van der Waals surface area (Å²) >= 11 is 0. The Hall–Kier alpha value is -2.74. The van der Waals surface area contributed by atoms with Crippen LogP contribution in [0, 0.1) is 10.2 Å². The van der Waals surface area contributed by atoms with Crippen molar-refractivity contribution in [2.24, 2.45) is 0 Å². The monoisotopic (exact) mass is 694 g/mol. The second kappa shape index (κ2) is 23.6. The summed E-state index contributed by atoms with van der Waals surface area (Å²) in [5, 5.41) is 3.84. The molecule has 0 radical (unpaired) electrons. The molecule has 3 aromatic carbocycles. The molecule has 4 aromatic rings. The van der Waals surface area contributed by atoms with Crippen molar-refractivity contribution in [1.82, 2.24) is 0 Å². The Labute approximate surface area is 297 Å². The van der Waals surface area contributed by atoms with Gasteiger partial charge in [-0.05, 0) is 59.5 Å². The van der Waals surface area contributed by atoms with Crippen LogP contribution in [0.4, 0.5) is 0 Å². The van der Waals surface area contributed by atoms with Crippen molar-refractivity contribution in [3.05, 3.63) is 72.3 Å². The molecule has 270 valence electrons. The van der Waals surface area contributed by atoms with Crippen LogP contribution in [-0.2, 0) is 6.42 Å². The zero-order valence-electron chi connectivity index (χ0n) is 30.0. The second-order valence-electron chi connectivity index (χ2n) is 13.4. The van der Waals surface area contributed by atoms with Crippen LogP contribution < -0.4 is 23.4 Å². The van der Waals surface area contributed by atoms with Gasteiger partial charge in [-0.25, -0.2) is 23.1 Å². The fourth-order valence-electron chi connectivity index (χ4n) is 6.71. The number of aryl methyl sites for hydroxylation is 1. The first kappa shape index (κ1) is 40.7. The number of rotatable bonds is 23. The fourth-order valence-corrected chi connectivity index (χ4v) is 6.71. The number of hydrogen-bond donors (Lipinski definition) is 0. The molecule has 7 heteroatoms. The minimum atomic E-state index is -4.94. The largest absolute Gasteiger partial charge is 0.497 e. The summed E-state index contributed by atoms with van der Waals surface area (Å²) in [6, 6.07) is 23.5. The van der Waals surface area contributed by atoms with E-state index in [2.05, 4.69) is 61.5 Å². The van der Waals surface area contributed by atoms with Gasteiger partial charge in [-0.15, -0.1) is 10.2 Å². The summed E-state index contributed by atoms with van der Waals surface area (Å²) in [5.74, 6) is 1.80.